The quantitative estimate of drug-likeness (QED) is 0.473. The van der Waals surface area contributed by atoms with E-state index in [0.717, 1.165) is 29.5 Å². The number of non-ortho nitro benzene ring substituents is 1. The lowest BCUT2D eigenvalue weighted by atomic mass is 9.48. The molecule has 1 N–H and O–H groups in total. The van der Waals surface area contributed by atoms with E-state index in [4.69, 9.17) is 0 Å². The van der Waals surface area contributed by atoms with Crippen LogP contribution in [0.3, 0.4) is 0 Å². The summed E-state index contributed by atoms with van der Waals surface area (Å²) in [7, 11) is 0. The fourth-order valence-corrected chi connectivity index (χ4v) is 5.70. The number of nitrogens with zero attached hydrogens (tertiary/aromatic N) is 3. The first-order valence-electron chi connectivity index (χ1n) is 9.10. The maximum absolute atomic E-state index is 11.3. The molecule has 4 aliphatic rings. The van der Waals surface area contributed by atoms with Crippen LogP contribution in [0.25, 0.3) is 0 Å². The molecule has 0 unspecified atom stereocenters. The minimum absolute atomic E-state index is 0.122. The van der Waals surface area contributed by atoms with E-state index in [2.05, 4.69) is 10.5 Å². The summed E-state index contributed by atoms with van der Waals surface area (Å²) in [6.45, 7) is 2.01. The zero-order valence-electron chi connectivity index (χ0n) is 14.7. The Bertz CT molecular complexity index is 769. The van der Waals surface area contributed by atoms with Crippen LogP contribution in [0.5, 0.6) is 0 Å². The minimum atomic E-state index is -0.638. The maximum atomic E-state index is 11.3. The molecule has 0 saturated heterocycles. The number of rotatable bonds is 5. The van der Waals surface area contributed by atoms with Crippen LogP contribution in [-0.2, 0) is 0 Å². The monoisotopic (exact) mass is 358 g/mol. The predicted octanol–water partition coefficient (Wildman–Crippen LogP) is 4.51. The summed E-state index contributed by atoms with van der Waals surface area (Å²) in [5, 5.41) is 26.6. The van der Waals surface area contributed by atoms with E-state index in [1.165, 1.54) is 50.7 Å². The minimum Gasteiger partial charge on any atom is -0.272 e. The lowest BCUT2D eigenvalue weighted by Crippen LogP contribution is -2.49. The summed E-state index contributed by atoms with van der Waals surface area (Å²) in [4.78, 5) is 20.8. The van der Waals surface area contributed by atoms with Crippen molar-refractivity contribution in [2.45, 2.75) is 45.4 Å². The van der Waals surface area contributed by atoms with Crippen LogP contribution < -0.4 is 5.43 Å². The Hall–Kier alpha value is -2.51. The van der Waals surface area contributed by atoms with Gasteiger partial charge in [0.1, 0.15) is 5.69 Å². The van der Waals surface area contributed by atoms with Gasteiger partial charge in [-0.2, -0.15) is 5.10 Å². The van der Waals surface area contributed by atoms with Gasteiger partial charge >= 0.3 is 5.69 Å². The van der Waals surface area contributed by atoms with Crippen LogP contribution in [0, 0.1) is 43.4 Å². The Balaban J connectivity index is 1.58. The third-order valence-electron chi connectivity index (χ3n) is 6.54. The number of hydrogen-bond acceptors (Lipinski definition) is 6. The molecule has 0 atom stereocenters. The Morgan fingerprint density at radius 1 is 1.08 bits per heavy atom. The molecular weight excluding hydrogens is 336 g/mol. The zero-order chi connectivity index (χ0) is 18.5. The van der Waals surface area contributed by atoms with Gasteiger partial charge in [0.2, 0.25) is 0 Å². The molecular formula is C18H22N4O4. The van der Waals surface area contributed by atoms with Gasteiger partial charge in [0.05, 0.1) is 15.9 Å². The fourth-order valence-electron chi connectivity index (χ4n) is 5.70. The van der Waals surface area contributed by atoms with Gasteiger partial charge in [-0.05, 0) is 69.3 Å². The average molecular weight is 358 g/mol. The molecule has 0 heterocycles. The second-order valence-corrected chi connectivity index (χ2v) is 8.22. The number of nitro benzene ring substituents is 2. The van der Waals surface area contributed by atoms with E-state index in [1.54, 1.807) is 0 Å². The molecule has 26 heavy (non-hydrogen) atoms. The first kappa shape index (κ1) is 16.9. The highest BCUT2D eigenvalue weighted by Crippen LogP contribution is 2.60. The van der Waals surface area contributed by atoms with Crippen LogP contribution in [0.1, 0.15) is 45.4 Å². The molecule has 138 valence electrons. The number of nitro groups is 2. The first-order chi connectivity index (χ1) is 12.4. The van der Waals surface area contributed by atoms with Crippen LogP contribution in [-0.4, -0.2) is 15.6 Å². The van der Waals surface area contributed by atoms with E-state index < -0.39 is 9.85 Å². The van der Waals surface area contributed by atoms with Crippen molar-refractivity contribution < 1.29 is 9.85 Å². The summed E-state index contributed by atoms with van der Waals surface area (Å²) in [6.07, 6.45) is 7.52. The third-order valence-corrected chi connectivity index (χ3v) is 6.54. The van der Waals surface area contributed by atoms with Crippen LogP contribution in [0.15, 0.2) is 23.3 Å². The lowest BCUT2D eigenvalue weighted by Gasteiger charge is -2.56. The molecule has 0 radical (unpaired) electrons. The SMILES string of the molecule is C/C(=N\Nc1ccc([N+](=O)[O-])cc1[N+](=O)[O-])C12CC3CC(CC(C3)C1)C2. The molecule has 8 heteroatoms. The standard InChI is InChI=1S/C18H22N4O4/c1-11(18-8-12-4-13(9-18)6-14(5-12)10-18)19-20-16-3-2-15(21(23)24)7-17(16)22(25)26/h2-3,7,12-14,20H,4-6,8-10H2,1H3/b19-11+. The number of benzene rings is 1. The predicted molar refractivity (Wildman–Crippen MR) is 97.1 cm³/mol. The largest absolute Gasteiger partial charge is 0.301 e. The van der Waals surface area contributed by atoms with Crippen molar-refractivity contribution in [1.29, 1.82) is 0 Å². The van der Waals surface area contributed by atoms with Crippen LogP contribution in [0.4, 0.5) is 17.1 Å². The van der Waals surface area contributed by atoms with Crippen molar-refractivity contribution in [2.75, 3.05) is 5.43 Å². The highest BCUT2D eigenvalue weighted by atomic mass is 16.6. The summed E-state index contributed by atoms with van der Waals surface area (Å²) >= 11 is 0. The van der Waals surface area contributed by atoms with Crippen molar-refractivity contribution in [2.24, 2.45) is 28.3 Å². The van der Waals surface area contributed by atoms with Gasteiger partial charge in [-0.3, -0.25) is 25.7 Å². The first-order valence-corrected chi connectivity index (χ1v) is 9.10. The highest BCUT2D eigenvalue weighted by Gasteiger charge is 2.52. The highest BCUT2D eigenvalue weighted by molar-refractivity contribution is 5.89. The number of hydrogen-bond donors (Lipinski definition) is 1. The van der Waals surface area contributed by atoms with Crippen LogP contribution in [0.2, 0.25) is 0 Å². The molecule has 4 bridgehead atoms. The summed E-state index contributed by atoms with van der Waals surface area (Å²) < 4.78 is 0. The third kappa shape index (κ3) is 2.83. The van der Waals surface area contributed by atoms with E-state index in [0.29, 0.717) is 0 Å². The Kier molecular flexibility index (Phi) is 3.93. The molecule has 0 aromatic heterocycles. The van der Waals surface area contributed by atoms with Crippen molar-refractivity contribution in [3.8, 4) is 0 Å². The van der Waals surface area contributed by atoms with Crippen molar-refractivity contribution in [3.05, 3.63) is 38.4 Å². The van der Waals surface area contributed by atoms with E-state index >= 15 is 0 Å². The smallest absolute Gasteiger partial charge is 0.272 e. The van der Waals surface area contributed by atoms with Gasteiger partial charge < -0.3 is 0 Å². The van der Waals surface area contributed by atoms with Crippen molar-refractivity contribution >= 4 is 22.8 Å². The van der Waals surface area contributed by atoms with E-state index in [9.17, 15) is 20.2 Å². The number of nitrogens with one attached hydrogen (secondary N) is 1. The van der Waals surface area contributed by atoms with Crippen LogP contribution >= 0.6 is 0 Å². The molecule has 4 fully saturated rings. The molecule has 1 aromatic rings. The molecule has 4 saturated carbocycles. The maximum Gasteiger partial charge on any atom is 0.301 e. The Morgan fingerprint density at radius 3 is 2.15 bits per heavy atom. The molecule has 0 aliphatic heterocycles. The summed E-state index contributed by atoms with van der Waals surface area (Å²) in [5.41, 5.74) is 3.49. The summed E-state index contributed by atoms with van der Waals surface area (Å²) in [5.74, 6) is 2.38. The van der Waals surface area contributed by atoms with Crippen molar-refractivity contribution in [1.82, 2.24) is 0 Å². The normalized spacial score (nSPS) is 32.5. The Labute approximate surface area is 151 Å². The second-order valence-electron chi connectivity index (χ2n) is 8.22. The molecule has 0 spiro atoms. The van der Waals surface area contributed by atoms with E-state index in [-0.39, 0.29) is 22.5 Å². The van der Waals surface area contributed by atoms with Gasteiger partial charge in [-0.15, -0.1) is 0 Å². The summed E-state index contributed by atoms with van der Waals surface area (Å²) in [6, 6.07) is 3.58. The van der Waals surface area contributed by atoms with Gasteiger partial charge in [0.15, 0.2) is 0 Å². The number of anilines is 1. The second kappa shape index (κ2) is 6.03. The fraction of sp³-hybridized carbons (Fsp3) is 0.611. The molecule has 4 aliphatic carbocycles. The molecule has 5 rings (SSSR count). The lowest BCUT2D eigenvalue weighted by molar-refractivity contribution is -0.393. The zero-order valence-corrected chi connectivity index (χ0v) is 14.7. The average Bonchev–Trinajstić information content (AvgIpc) is 2.58. The molecule has 0 amide bonds. The van der Waals surface area contributed by atoms with Crippen molar-refractivity contribution in [3.63, 3.8) is 0 Å². The van der Waals surface area contributed by atoms with Gasteiger partial charge in [-0.25, -0.2) is 0 Å². The van der Waals surface area contributed by atoms with E-state index in [1.807, 2.05) is 6.92 Å². The Morgan fingerprint density at radius 2 is 1.65 bits per heavy atom. The van der Waals surface area contributed by atoms with Gasteiger partial charge in [-0.1, -0.05) is 0 Å². The molecule has 8 nitrogen and oxygen atoms in total. The van der Waals surface area contributed by atoms with Gasteiger partial charge in [0.25, 0.3) is 5.69 Å². The molecule has 1 aromatic carbocycles. The van der Waals surface area contributed by atoms with Gasteiger partial charge in [0, 0.05) is 17.2 Å². The number of hydrazone groups is 1. The topological polar surface area (TPSA) is 111 Å².